The molecule has 1 amide bonds. The second kappa shape index (κ2) is 8.06. The third-order valence-corrected chi connectivity index (χ3v) is 4.44. The van der Waals surface area contributed by atoms with Gasteiger partial charge in [-0.3, -0.25) is 9.78 Å². The summed E-state index contributed by atoms with van der Waals surface area (Å²) in [6.07, 6.45) is 8.54. The molecule has 2 heterocycles. The maximum atomic E-state index is 12.1. The third kappa shape index (κ3) is 4.20. The molecule has 24 heavy (non-hydrogen) atoms. The molecule has 2 aromatic rings. The summed E-state index contributed by atoms with van der Waals surface area (Å²) in [5.41, 5.74) is 1.05. The van der Waals surface area contributed by atoms with E-state index in [1.54, 1.807) is 24.5 Å². The fourth-order valence-corrected chi connectivity index (χ4v) is 3.02. The molecule has 0 aliphatic heterocycles. The number of pyridine rings is 1. The van der Waals surface area contributed by atoms with Crippen molar-refractivity contribution in [1.29, 1.82) is 0 Å². The first-order valence-corrected chi connectivity index (χ1v) is 8.51. The summed E-state index contributed by atoms with van der Waals surface area (Å²) >= 11 is 0. The van der Waals surface area contributed by atoms with Gasteiger partial charge >= 0.3 is 0 Å². The fourth-order valence-electron chi connectivity index (χ4n) is 3.02. The maximum absolute atomic E-state index is 12.1. The van der Waals surface area contributed by atoms with Crippen molar-refractivity contribution < 1.29 is 14.1 Å². The van der Waals surface area contributed by atoms with E-state index in [4.69, 9.17) is 9.26 Å². The Balaban J connectivity index is 1.45. The Labute approximate surface area is 141 Å². The van der Waals surface area contributed by atoms with Crippen molar-refractivity contribution >= 4 is 5.91 Å². The van der Waals surface area contributed by atoms with E-state index in [2.05, 4.69) is 22.4 Å². The predicted molar refractivity (Wildman–Crippen MR) is 89.4 cm³/mol. The van der Waals surface area contributed by atoms with Gasteiger partial charge in [0.05, 0.1) is 12.7 Å². The molecule has 1 N–H and O–H groups in total. The highest BCUT2D eigenvalue weighted by Crippen LogP contribution is 2.26. The maximum Gasteiger partial charge on any atom is 0.273 e. The summed E-state index contributed by atoms with van der Waals surface area (Å²) in [5, 5.41) is 6.63. The zero-order valence-electron chi connectivity index (χ0n) is 13.9. The highest BCUT2D eigenvalue weighted by atomic mass is 16.5. The lowest BCUT2D eigenvalue weighted by Gasteiger charge is -2.28. The van der Waals surface area contributed by atoms with Gasteiger partial charge in [-0.1, -0.05) is 24.9 Å². The SMILES string of the molecule is C[C@@H]1CCCC[C@@H]1OCCNC(=O)c1cc(-c2cccnc2)on1. The second-order valence-corrected chi connectivity index (χ2v) is 6.24. The van der Waals surface area contributed by atoms with Gasteiger partial charge in [0, 0.05) is 30.6 Å². The number of carbonyl (C=O) groups excluding carboxylic acids is 1. The van der Waals surface area contributed by atoms with Gasteiger partial charge in [0.1, 0.15) is 0 Å². The van der Waals surface area contributed by atoms with Crippen LogP contribution in [0, 0.1) is 5.92 Å². The molecular formula is C18H23N3O3. The molecule has 6 heteroatoms. The Morgan fingerprint density at radius 2 is 2.29 bits per heavy atom. The molecule has 128 valence electrons. The Hall–Kier alpha value is -2.21. The van der Waals surface area contributed by atoms with Crippen molar-refractivity contribution in [1.82, 2.24) is 15.5 Å². The molecular weight excluding hydrogens is 306 g/mol. The van der Waals surface area contributed by atoms with Crippen molar-refractivity contribution in [2.45, 2.75) is 38.7 Å². The zero-order valence-corrected chi connectivity index (χ0v) is 13.9. The number of rotatable bonds is 6. The highest BCUT2D eigenvalue weighted by molar-refractivity contribution is 5.93. The molecule has 2 atom stereocenters. The molecule has 2 aromatic heterocycles. The van der Waals surface area contributed by atoms with Gasteiger partial charge in [0.2, 0.25) is 0 Å². The van der Waals surface area contributed by atoms with Gasteiger partial charge in [-0.15, -0.1) is 0 Å². The standard InChI is InChI=1S/C18H23N3O3/c1-13-5-2-3-7-16(13)23-10-9-20-18(22)15-11-17(24-21-15)14-6-4-8-19-12-14/h4,6,8,11-13,16H,2-3,5,7,9-10H2,1H3,(H,20,22)/t13-,16+/m1/s1. The number of ether oxygens (including phenoxy) is 1. The molecule has 0 radical (unpaired) electrons. The first-order chi connectivity index (χ1) is 11.7. The zero-order chi connectivity index (χ0) is 16.8. The van der Waals surface area contributed by atoms with E-state index in [1.165, 1.54) is 19.3 Å². The van der Waals surface area contributed by atoms with Crippen LogP contribution in [0.3, 0.4) is 0 Å². The van der Waals surface area contributed by atoms with Crippen LogP contribution < -0.4 is 5.32 Å². The van der Waals surface area contributed by atoms with Crippen LogP contribution in [-0.2, 0) is 4.74 Å². The number of nitrogens with one attached hydrogen (secondary N) is 1. The predicted octanol–water partition coefficient (Wildman–Crippen LogP) is 3.06. The van der Waals surface area contributed by atoms with Gasteiger partial charge < -0.3 is 14.6 Å². The average Bonchev–Trinajstić information content (AvgIpc) is 3.11. The molecule has 0 aromatic carbocycles. The van der Waals surface area contributed by atoms with E-state index in [-0.39, 0.29) is 11.6 Å². The molecule has 0 bridgehead atoms. The number of hydrogen-bond acceptors (Lipinski definition) is 5. The van der Waals surface area contributed by atoms with Crippen LogP contribution in [0.1, 0.15) is 43.1 Å². The Kier molecular flexibility index (Phi) is 5.59. The molecule has 0 unspecified atom stereocenters. The van der Waals surface area contributed by atoms with E-state index >= 15 is 0 Å². The minimum absolute atomic E-state index is 0.255. The summed E-state index contributed by atoms with van der Waals surface area (Å²) in [4.78, 5) is 16.1. The summed E-state index contributed by atoms with van der Waals surface area (Å²) in [6.45, 7) is 3.23. The van der Waals surface area contributed by atoms with E-state index in [1.807, 2.05) is 6.07 Å². The van der Waals surface area contributed by atoms with Crippen LogP contribution in [-0.4, -0.2) is 35.3 Å². The highest BCUT2D eigenvalue weighted by Gasteiger charge is 2.21. The average molecular weight is 329 g/mol. The van der Waals surface area contributed by atoms with Crippen molar-refractivity contribution in [2.24, 2.45) is 5.92 Å². The molecule has 6 nitrogen and oxygen atoms in total. The topological polar surface area (TPSA) is 77.2 Å². The van der Waals surface area contributed by atoms with Gasteiger partial charge in [0.15, 0.2) is 11.5 Å². The van der Waals surface area contributed by atoms with Crippen LogP contribution in [0.5, 0.6) is 0 Å². The summed E-state index contributed by atoms with van der Waals surface area (Å²) in [5.74, 6) is 0.877. The lowest BCUT2D eigenvalue weighted by molar-refractivity contribution is -0.00296. The number of hydrogen-bond donors (Lipinski definition) is 1. The number of nitrogens with zero attached hydrogens (tertiary/aromatic N) is 2. The lowest BCUT2D eigenvalue weighted by atomic mass is 9.88. The van der Waals surface area contributed by atoms with E-state index in [9.17, 15) is 4.79 Å². The normalized spacial score (nSPS) is 20.7. The van der Waals surface area contributed by atoms with Crippen molar-refractivity contribution in [2.75, 3.05) is 13.2 Å². The second-order valence-electron chi connectivity index (χ2n) is 6.24. The largest absolute Gasteiger partial charge is 0.376 e. The van der Waals surface area contributed by atoms with Crippen LogP contribution in [0.25, 0.3) is 11.3 Å². The van der Waals surface area contributed by atoms with Crippen molar-refractivity contribution in [3.8, 4) is 11.3 Å². The quantitative estimate of drug-likeness (QED) is 0.824. The molecule has 1 aliphatic carbocycles. The number of aromatic nitrogens is 2. The lowest BCUT2D eigenvalue weighted by Crippen LogP contribution is -2.31. The molecule has 0 spiro atoms. The van der Waals surface area contributed by atoms with E-state index in [0.717, 1.165) is 12.0 Å². The van der Waals surface area contributed by atoms with Gasteiger partial charge in [-0.25, -0.2) is 0 Å². The Morgan fingerprint density at radius 3 is 3.08 bits per heavy atom. The van der Waals surface area contributed by atoms with Gasteiger partial charge in [0.25, 0.3) is 5.91 Å². The Bertz CT molecular complexity index is 657. The van der Waals surface area contributed by atoms with E-state index in [0.29, 0.717) is 30.9 Å². The van der Waals surface area contributed by atoms with Crippen LogP contribution in [0.2, 0.25) is 0 Å². The first-order valence-electron chi connectivity index (χ1n) is 8.51. The minimum atomic E-state index is -0.255. The number of amides is 1. The van der Waals surface area contributed by atoms with Crippen LogP contribution >= 0.6 is 0 Å². The van der Waals surface area contributed by atoms with Crippen molar-refractivity contribution in [3.05, 3.63) is 36.3 Å². The smallest absolute Gasteiger partial charge is 0.273 e. The molecule has 1 aliphatic rings. The minimum Gasteiger partial charge on any atom is -0.376 e. The summed E-state index contributed by atoms with van der Waals surface area (Å²) < 4.78 is 11.1. The van der Waals surface area contributed by atoms with Gasteiger partial charge in [-0.05, 0) is 30.9 Å². The van der Waals surface area contributed by atoms with E-state index < -0.39 is 0 Å². The molecule has 1 saturated carbocycles. The summed E-state index contributed by atoms with van der Waals surface area (Å²) in [6, 6.07) is 5.28. The first kappa shape index (κ1) is 16.6. The monoisotopic (exact) mass is 329 g/mol. The summed E-state index contributed by atoms with van der Waals surface area (Å²) in [7, 11) is 0. The third-order valence-electron chi connectivity index (χ3n) is 4.44. The molecule has 0 saturated heterocycles. The van der Waals surface area contributed by atoms with Gasteiger partial charge in [-0.2, -0.15) is 0 Å². The molecule has 3 rings (SSSR count). The Morgan fingerprint density at radius 1 is 1.42 bits per heavy atom. The fraction of sp³-hybridized carbons (Fsp3) is 0.500. The van der Waals surface area contributed by atoms with Crippen LogP contribution in [0.15, 0.2) is 35.1 Å². The van der Waals surface area contributed by atoms with Crippen molar-refractivity contribution in [3.63, 3.8) is 0 Å². The molecule has 1 fully saturated rings. The number of carbonyl (C=O) groups is 1. The van der Waals surface area contributed by atoms with Crippen LogP contribution in [0.4, 0.5) is 0 Å².